The second-order valence-electron chi connectivity index (χ2n) is 5.65. The van der Waals surface area contributed by atoms with Crippen LogP contribution in [0.4, 0.5) is 0 Å². The van der Waals surface area contributed by atoms with Crippen LogP contribution >= 0.6 is 0 Å². The normalized spacial score (nSPS) is 12.2. The van der Waals surface area contributed by atoms with Gasteiger partial charge in [-0.05, 0) is 30.5 Å². The van der Waals surface area contributed by atoms with Gasteiger partial charge in [0, 0.05) is 30.7 Å². The largest absolute Gasteiger partial charge is 0.350 e. The molecule has 0 bridgehead atoms. The SMILES string of the molecule is CNCC(C)(C)Cc1cn(C)c2ccccc12. The van der Waals surface area contributed by atoms with Gasteiger partial charge in [-0.2, -0.15) is 0 Å². The molecule has 1 aromatic heterocycles. The Bertz CT molecular complexity index is 509. The molecule has 0 amide bonds. The van der Waals surface area contributed by atoms with Crippen molar-refractivity contribution in [1.29, 1.82) is 0 Å². The minimum absolute atomic E-state index is 0.291. The molecule has 0 aliphatic heterocycles. The van der Waals surface area contributed by atoms with Crippen LogP contribution in [0.2, 0.25) is 0 Å². The zero-order valence-electron chi connectivity index (χ0n) is 11.2. The van der Waals surface area contributed by atoms with Crippen LogP contribution in [0.15, 0.2) is 30.5 Å². The predicted octanol–water partition coefficient (Wildman–Crippen LogP) is 2.97. The van der Waals surface area contributed by atoms with E-state index < -0.39 is 0 Å². The maximum atomic E-state index is 3.28. The van der Waals surface area contributed by atoms with Gasteiger partial charge in [-0.15, -0.1) is 0 Å². The van der Waals surface area contributed by atoms with Crippen molar-refractivity contribution in [3.8, 4) is 0 Å². The summed E-state index contributed by atoms with van der Waals surface area (Å²) in [5.41, 5.74) is 3.06. The Balaban J connectivity index is 2.36. The number of rotatable bonds is 4. The first-order valence-corrected chi connectivity index (χ1v) is 6.21. The molecule has 0 atom stereocenters. The summed E-state index contributed by atoms with van der Waals surface area (Å²) in [7, 11) is 4.14. The number of para-hydroxylation sites is 1. The molecule has 0 aliphatic rings. The van der Waals surface area contributed by atoms with Gasteiger partial charge in [-0.25, -0.2) is 0 Å². The Kier molecular flexibility index (Phi) is 3.25. The maximum absolute atomic E-state index is 3.28. The molecule has 1 heterocycles. The topological polar surface area (TPSA) is 17.0 Å². The molecule has 0 aliphatic carbocycles. The summed E-state index contributed by atoms with van der Waals surface area (Å²) in [6.07, 6.45) is 3.37. The minimum Gasteiger partial charge on any atom is -0.350 e. The van der Waals surface area contributed by atoms with Crippen molar-refractivity contribution in [3.05, 3.63) is 36.0 Å². The Labute approximate surface area is 104 Å². The molecule has 0 saturated heterocycles. The zero-order valence-corrected chi connectivity index (χ0v) is 11.2. The highest BCUT2D eigenvalue weighted by molar-refractivity contribution is 5.83. The number of nitrogens with zero attached hydrogens (tertiary/aromatic N) is 1. The summed E-state index contributed by atoms with van der Waals surface area (Å²) >= 11 is 0. The first-order chi connectivity index (χ1) is 8.03. The maximum Gasteiger partial charge on any atom is 0.0480 e. The molecule has 0 radical (unpaired) electrons. The molecule has 0 saturated carbocycles. The zero-order chi connectivity index (χ0) is 12.5. The summed E-state index contributed by atoms with van der Waals surface area (Å²) in [4.78, 5) is 0. The molecule has 2 nitrogen and oxygen atoms in total. The number of aryl methyl sites for hydroxylation is 1. The molecule has 0 fully saturated rings. The Morgan fingerprint density at radius 1 is 1.24 bits per heavy atom. The average Bonchev–Trinajstić information content (AvgIpc) is 2.56. The highest BCUT2D eigenvalue weighted by Gasteiger charge is 2.19. The van der Waals surface area contributed by atoms with Crippen LogP contribution < -0.4 is 5.32 Å². The van der Waals surface area contributed by atoms with Gasteiger partial charge in [0.05, 0.1) is 0 Å². The number of hydrogen-bond acceptors (Lipinski definition) is 1. The van der Waals surface area contributed by atoms with Crippen LogP contribution in [0.1, 0.15) is 19.4 Å². The van der Waals surface area contributed by atoms with E-state index in [1.807, 2.05) is 7.05 Å². The Morgan fingerprint density at radius 3 is 2.65 bits per heavy atom. The molecule has 92 valence electrons. The highest BCUT2D eigenvalue weighted by atomic mass is 14.9. The van der Waals surface area contributed by atoms with Crippen LogP contribution in [0.5, 0.6) is 0 Å². The van der Waals surface area contributed by atoms with Crippen LogP contribution in [0, 0.1) is 5.41 Å². The lowest BCUT2D eigenvalue weighted by Crippen LogP contribution is -2.28. The molecule has 0 unspecified atom stereocenters. The predicted molar refractivity (Wildman–Crippen MR) is 74.3 cm³/mol. The van der Waals surface area contributed by atoms with Crippen molar-refractivity contribution in [2.75, 3.05) is 13.6 Å². The third kappa shape index (κ3) is 2.52. The molecule has 1 aromatic carbocycles. The van der Waals surface area contributed by atoms with E-state index in [9.17, 15) is 0 Å². The van der Waals surface area contributed by atoms with Crippen LogP contribution in [0.25, 0.3) is 10.9 Å². The van der Waals surface area contributed by atoms with E-state index in [0.717, 1.165) is 13.0 Å². The van der Waals surface area contributed by atoms with Gasteiger partial charge < -0.3 is 9.88 Å². The fourth-order valence-electron chi connectivity index (χ4n) is 2.62. The quantitative estimate of drug-likeness (QED) is 0.854. The molecule has 2 rings (SSSR count). The van der Waals surface area contributed by atoms with Crippen molar-refractivity contribution in [1.82, 2.24) is 9.88 Å². The van der Waals surface area contributed by atoms with Gasteiger partial charge in [0.15, 0.2) is 0 Å². The minimum atomic E-state index is 0.291. The summed E-state index contributed by atoms with van der Waals surface area (Å²) in [6, 6.07) is 8.63. The fraction of sp³-hybridized carbons (Fsp3) is 0.467. The first kappa shape index (κ1) is 12.2. The van der Waals surface area contributed by atoms with Crippen LogP contribution in [0.3, 0.4) is 0 Å². The summed E-state index contributed by atoms with van der Waals surface area (Å²) < 4.78 is 2.22. The van der Waals surface area contributed by atoms with Gasteiger partial charge in [-0.3, -0.25) is 0 Å². The summed E-state index contributed by atoms with van der Waals surface area (Å²) in [6.45, 7) is 5.66. The molecular weight excluding hydrogens is 208 g/mol. The fourth-order valence-corrected chi connectivity index (χ4v) is 2.62. The molecule has 2 aromatic rings. The molecule has 17 heavy (non-hydrogen) atoms. The van der Waals surface area contributed by atoms with E-state index in [-0.39, 0.29) is 0 Å². The molecule has 0 spiro atoms. The summed E-state index contributed by atoms with van der Waals surface area (Å²) in [5, 5.41) is 4.66. The van der Waals surface area contributed by atoms with E-state index in [1.54, 1.807) is 0 Å². The lowest BCUT2D eigenvalue weighted by atomic mass is 9.85. The number of aromatic nitrogens is 1. The standard InChI is InChI=1S/C15H22N2/c1-15(2,11-16-3)9-12-10-17(4)14-8-6-5-7-13(12)14/h5-8,10,16H,9,11H2,1-4H3. The molecule has 1 N–H and O–H groups in total. The Morgan fingerprint density at radius 2 is 1.94 bits per heavy atom. The van der Waals surface area contributed by atoms with Gasteiger partial charge in [0.2, 0.25) is 0 Å². The lowest BCUT2D eigenvalue weighted by molar-refractivity contribution is 0.351. The van der Waals surface area contributed by atoms with Crippen molar-refractivity contribution < 1.29 is 0 Å². The van der Waals surface area contributed by atoms with E-state index in [1.165, 1.54) is 16.5 Å². The first-order valence-electron chi connectivity index (χ1n) is 6.21. The second-order valence-corrected chi connectivity index (χ2v) is 5.65. The van der Waals surface area contributed by atoms with E-state index in [0.29, 0.717) is 5.41 Å². The number of fused-ring (bicyclic) bond motifs is 1. The van der Waals surface area contributed by atoms with Crippen LogP contribution in [-0.4, -0.2) is 18.2 Å². The number of nitrogens with one attached hydrogen (secondary N) is 1. The van der Waals surface area contributed by atoms with Crippen molar-refractivity contribution >= 4 is 10.9 Å². The Hall–Kier alpha value is -1.28. The van der Waals surface area contributed by atoms with Gasteiger partial charge in [0.1, 0.15) is 0 Å². The average molecular weight is 230 g/mol. The molecular formula is C15H22N2. The monoisotopic (exact) mass is 230 g/mol. The smallest absolute Gasteiger partial charge is 0.0480 e. The van der Waals surface area contributed by atoms with E-state index >= 15 is 0 Å². The van der Waals surface area contributed by atoms with Gasteiger partial charge >= 0.3 is 0 Å². The van der Waals surface area contributed by atoms with E-state index in [2.05, 4.69) is 61.2 Å². The van der Waals surface area contributed by atoms with Gasteiger partial charge in [-0.1, -0.05) is 32.0 Å². The van der Waals surface area contributed by atoms with Gasteiger partial charge in [0.25, 0.3) is 0 Å². The second kappa shape index (κ2) is 4.53. The highest BCUT2D eigenvalue weighted by Crippen LogP contribution is 2.27. The third-order valence-electron chi connectivity index (χ3n) is 3.30. The van der Waals surface area contributed by atoms with Crippen molar-refractivity contribution in [3.63, 3.8) is 0 Å². The molecule has 2 heteroatoms. The number of hydrogen-bond donors (Lipinski definition) is 1. The van der Waals surface area contributed by atoms with Crippen molar-refractivity contribution in [2.24, 2.45) is 12.5 Å². The summed E-state index contributed by atoms with van der Waals surface area (Å²) in [5.74, 6) is 0. The van der Waals surface area contributed by atoms with Crippen LogP contribution in [-0.2, 0) is 13.5 Å². The van der Waals surface area contributed by atoms with E-state index in [4.69, 9.17) is 0 Å². The third-order valence-corrected chi connectivity index (χ3v) is 3.30. The lowest BCUT2D eigenvalue weighted by Gasteiger charge is -2.23. The number of benzene rings is 1. The van der Waals surface area contributed by atoms with Crippen molar-refractivity contribution in [2.45, 2.75) is 20.3 Å².